The Kier molecular flexibility index (Phi) is 8.98. The number of nitrogens with zero attached hydrogens (tertiary/aromatic N) is 2. The van der Waals surface area contributed by atoms with Crippen LogP contribution in [0.4, 0.5) is 23.7 Å². The van der Waals surface area contributed by atoms with Crippen molar-refractivity contribution in [1.29, 1.82) is 0 Å². The van der Waals surface area contributed by atoms with E-state index in [9.17, 15) is 22.8 Å². The van der Waals surface area contributed by atoms with E-state index in [4.69, 9.17) is 14.2 Å². The second-order valence-electron chi connectivity index (χ2n) is 11.0. The van der Waals surface area contributed by atoms with Crippen molar-refractivity contribution in [1.82, 2.24) is 9.88 Å². The summed E-state index contributed by atoms with van der Waals surface area (Å²) >= 11 is 0. The van der Waals surface area contributed by atoms with E-state index in [2.05, 4.69) is 10.3 Å². The second kappa shape index (κ2) is 12.3. The molecule has 3 aromatic rings. The van der Waals surface area contributed by atoms with Gasteiger partial charge in [0.05, 0.1) is 30.6 Å². The molecule has 0 bridgehead atoms. The van der Waals surface area contributed by atoms with E-state index in [1.807, 2.05) is 45.9 Å². The largest absolute Gasteiger partial charge is 0.484 e. The molecule has 11 heteroatoms. The summed E-state index contributed by atoms with van der Waals surface area (Å²) < 4.78 is 53.2. The average Bonchev–Trinajstić information content (AvgIpc) is 2.92. The molecule has 1 unspecified atom stereocenters. The van der Waals surface area contributed by atoms with E-state index in [-0.39, 0.29) is 12.3 Å². The number of pyridine rings is 1. The van der Waals surface area contributed by atoms with Gasteiger partial charge in [-0.2, -0.15) is 13.2 Å². The standard InChI is InChI=1S/C31H34F3N3O5/c1-19-14-22(41-18-31(32,33)34)7-9-23(19)20-6-8-24-21(15-20)11-13-37(29(39)42-30(2,3)4)27(24)17-36-26-16-35-12-10-25(26)28(38)40-5/h6-10,12,14-16,27,36H,11,13,17-18H2,1-5H3. The van der Waals surface area contributed by atoms with Crippen molar-refractivity contribution < 1.29 is 37.0 Å². The number of hydrogen-bond donors (Lipinski definition) is 1. The van der Waals surface area contributed by atoms with Crippen LogP contribution in [0.2, 0.25) is 0 Å². The van der Waals surface area contributed by atoms with E-state index in [1.165, 1.54) is 25.6 Å². The third-order valence-corrected chi connectivity index (χ3v) is 6.75. The summed E-state index contributed by atoms with van der Waals surface area (Å²) in [5.41, 5.74) is 4.57. The summed E-state index contributed by atoms with van der Waals surface area (Å²) in [5.74, 6) is -0.366. The Morgan fingerprint density at radius 2 is 1.86 bits per heavy atom. The minimum absolute atomic E-state index is 0.146. The van der Waals surface area contributed by atoms with E-state index in [0.29, 0.717) is 24.2 Å². The highest BCUT2D eigenvalue weighted by Crippen LogP contribution is 2.36. The normalized spacial score (nSPS) is 15.0. The van der Waals surface area contributed by atoms with Gasteiger partial charge in [0.1, 0.15) is 11.4 Å². The van der Waals surface area contributed by atoms with Crippen LogP contribution in [0.15, 0.2) is 54.9 Å². The van der Waals surface area contributed by atoms with Gasteiger partial charge in [-0.05, 0) is 80.1 Å². The molecule has 0 fully saturated rings. The van der Waals surface area contributed by atoms with Gasteiger partial charge in [-0.15, -0.1) is 0 Å². The molecule has 1 amide bonds. The molecule has 1 aliphatic rings. The Balaban J connectivity index is 1.64. The predicted molar refractivity (Wildman–Crippen MR) is 152 cm³/mol. The zero-order chi connectivity index (χ0) is 30.7. The van der Waals surface area contributed by atoms with Crippen LogP contribution in [-0.2, 0) is 15.9 Å². The number of nitrogens with one attached hydrogen (secondary N) is 1. The summed E-state index contributed by atoms with van der Waals surface area (Å²) in [4.78, 5) is 31.3. The fourth-order valence-corrected chi connectivity index (χ4v) is 4.88. The van der Waals surface area contributed by atoms with Gasteiger partial charge in [-0.1, -0.05) is 24.3 Å². The fourth-order valence-electron chi connectivity index (χ4n) is 4.88. The molecule has 224 valence electrons. The van der Waals surface area contributed by atoms with Gasteiger partial charge >= 0.3 is 18.2 Å². The van der Waals surface area contributed by atoms with Crippen LogP contribution >= 0.6 is 0 Å². The van der Waals surface area contributed by atoms with Crippen molar-refractivity contribution in [3.05, 3.63) is 77.1 Å². The van der Waals surface area contributed by atoms with E-state index in [0.717, 1.165) is 27.8 Å². The SMILES string of the molecule is COC(=O)c1ccncc1NCC1c2ccc(-c3ccc(OCC(F)(F)F)cc3C)cc2CCN1C(=O)OC(C)(C)C. The highest BCUT2D eigenvalue weighted by molar-refractivity contribution is 5.95. The maximum atomic E-state index is 13.3. The predicted octanol–water partition coefficient (Wildman–Crippen LogP) is 6.73. The first kappa shape index (κ1) is 30.7. The molecule has 4 rings (SSSR count). The van der Waals surface area contributed by atoms with Crippen LogP contribution < -0.4 is 10.1 Å². The van der Waals surface area contributed by atoms with E-state index >= 15 is 0 Å². The Morgan fingerprint density at radius 3 is 2.52 bits per heavy atom. The van der Waals surface area contributed by atoms with Crippen LogP contribution in [0, 0.1) is 6.92 Å². The second-order valence-corrected chi connectivity index (χ2v) is 11.0. The van der Waals surface area contributed by atoms with E-state index < -0.39 is 36.5 Å². The number of alkyl halides is 3. The van der Waals surface area contributed by atoms with Crippen molar-refractivity contribution in [2.24, 2.45) is 0 Å². The van der Waals surface area contributed by atoms with E-state index in [1.54, 1.807) is 23.1 Å². The number of aryl methyl sites for hydroxylation is 1. The molecule has 42 heavy (non-hydrogen) atoms. The lowest BCUT2D eigenvalue weighted by Crippen LogP contribution is -2.45. The number of halogens is 3. The zero-order valence-electron chi connectivity index (χ0n) is 24.2. The molecule has 1 N–H and O–H groups in total. The number of esters is 1. The van der Waals surface area contributed by atoms with Gasteiger partial charge in [0.15, 0.2) is 6.61 Å². The molecule has 0 spiro atoms. The van der Waals surface area contributed by atoms with Gasteiger partial charge in [0.2, 0.25) is 0 Å². The molecule has 1 aliphatic heterocycles. The highest BCUT2D eigenvalue weighted by Gasteiger charge is 2.34. The number of carbonyl (C=O) groups excluding carboxylic acids is 2. The Labute approximate surface area is 242 Å². The summed E-state index contributed by atoms with van der Waals surface area (Å²) in [7, 11) is 1.30. The number of amides is 1. The van der Waals surface area contributed by atoms with Gasteiger partial charge in [-0.3, -0.25) is 9.88 Å². The summed E-state index contributed by atoms with van der Waals surface area (Å²) in [6, 6.07) is 11.9. The highest BCUT2D eigenvalue weighted by atomic mass is 19.4. The van der Waals surface area contributed by atoms with Crippen molar-refractivity contribution in [2.45, 2.75) is 51.9 Å². The number of carbonyl (C=O) groups is 2. The topological polar surface area (TPSA) is 90.0 Å². The molecule has 0 saturated heterocycles. The first-order valence-electron chi connectivity index (χ1n) is 13.4. The number of aromatic nitrogens is 1. The van der Waals surface area contributed by atoms with Crippen molar-refractivity contribution in [3.63, 3.8) is 0 Å². The lowest BCUT2D eigenvalue weighted by molar-refractivity contribution is -0.153. The number of benzene rings is 2. The molecule has 8 nitrogen and oxygen atoms in total. The van der Waals surface area contributed by atoms with Gasteiger partial charge in [-0.25, -0.2) is 9.59 Å². The Morgan fingerprint density at radius 1 is 1.10 bits per heavy atom. The molecule has 2 aromatic carbocycles. The minimum atomic E-state index is -4.42. The minimum Gasteiger partial charge on any atom is -0.484 e. The number of methoxy groups -OCH3 is 1. The Bertz CT molecular complexity index is 1450. The van der Waals surface area contributed by atoms with Gasteiger partial charge < -0.3 is 19.5 Å². The molecular weight excluding hydrogens is 551 g/mol. The quantitative estimate of drug-likeness (QED) is 0.308. The molecule has 0 radical (unpaired) electrons. The van der Waals surface area contributed by atoms with Crippen molar-refractivity contribution in [2.75, 3.05) is 32.1 Å². The van der Waals surface area contributed by atoms with Crippen LogP contribution in [0.1, 0.15) is 53.9 Å². The third-order valence-electron chi connectivity index (χ3n) is 6.75. The lowest BCUT2D eigenvalue weighted by atomic mass is 9.88. The summed E-state index contributed by atoms with van der Waals surface area (Å²) in [6.07, 6.45) is -1.26. The summed E-state index contributed by atoms with van der Waals surface area (Å²) in [5, 5.41) is 3.26. The van der Waals surface area contributed by atoms with Gasteiger partial charge in [0.25, 0.3) is 0 Å². The number of ether oxygens (including phenoxy) is 3. The monoisotopic (exact) mass is 585 g/mol. The van der Waals surface area contributed by atoms with Gasteiger partial charge in [0, 0.05) is 19.3 Å². The molecule has 1 atom stereocenters. The molecular formula is C31H34F3N3O5. The van der Waals surface area contributed by atoms with Crippen LogP contribution in [0.5, 0.6) is 5.75 Å². The molecule has 0 aliphatic carbocycles. The smallest absolute Gasteiger partial charge is 0.422 e. The first-order chi connectivity index (χ1) is 19.8. The van der Waals surface area contributed by atoms with Crippen molar-refractivity contribution >= 4 is 17.7 Å². The van der Waals surface area contributed by atoms with Crippen LogP contribution in [-0.4, -0.2) is 60.5 Å². The Hall–Kier alpha value is -4.28. The number of rotatable bonds is 7. The number of hydrogen-bond acceptors (Lipinski definition) is 7. The third kappa shape index (κ3) is 7.51. The molecule has 0 saturated carbocycles. The maximum absolute atomic E-state index is 13.3. The molecule has 1 aromatic heterocycles. The van der Waals surface area contributed by atoms with Crippen LogP contribution in [0.3, 0.4) is 0 Å². The fraction of sp³-hybridized carbons (Fsp3) is 0.387. The number of fused-ring (bicyclic) bond motifs is 1. The first-order valence-corrected chi connectivity index (χ1v) is 13.4. The lowest BCUT2D eigenvalue weighted by Gasteiger charge is -2.38. The number of anilines is 1. The molecule has 2 heterocycles. The van der Waals surface area contributed by atoms with Crippen molar-refractivity contribution in [3.8, 4) is 16.9 Å². The average molecular weight is 586 g/mol. The maximum Gasteiger partial charge on any atom is 0.422 e. The van der Waals surface area contributed by atoms with Crippen LogP contribution in [0.25, 0.3) is 11.1 Å². The summed E-state index contributed by atoms with van der Waals surface area (Å²) in [6.45, 7) is 6.56. The zero-order valence-corrected chi connectivity index (χ0v) is 24.2.